The molecule has 1 aliphatic heterocycles. The third-order valence-corrected chi connectivity index (χ3v) is 3.31. The van der Waals surface area contributed by atoms with Crippen LogP contribution in [0.2, 0.25) is 0 Å². The maximum atomic E-state index is 9.71. The van der Waals surface area contributed by atoms with E-state index in [4.69, 9.17) is 0 Å². The van der Waals surface area contributed by atoms with Crippen molar-refractivity contribution in [3.63, 3.8) is 0 Å². The van der Waals surface area contributed by atoms with Crippen molar-refractivity contribution < 1.29 is 10.2 Å². The van der Waals surface area contributed by atoms with E-state index in [1.54, 1.807) is 23.4 Å². The van der Waals surface area contributed by atoms with Crippen LogP contribution in [0.3, 0.4) is 0 Å². The summed E-state index contributed by atoms with van der Waals surface area (Å²) in [4.78, 5) is 14.2. The zero-order chi connectivity index (χ0) is 16.2. The van der Waals surface area contributed by atoms with Crippen LogP contribution in [-0.2, 0) is 0 Å². The Balaban J connectivity index is 1.81. The number of benzene rings is 1. The fourth-order valence-corrected chi connectivity index (χ4v) is 2.16. The van der Waals surface area contributed by atoms with E-state index >= 15 is 0 Å². The molecular weight excluding hydrogens is 296 g/mol. The Morgan fingerprint density at radius 1 is 1.09 bits per heavy atom. The Kier molecular flexibility index (Phi) is 4.07. The number of hydrogen-bond acceptors (Lipinski definition) is 8. The lowest BCUT2D eigenvalue weighted by molar-refractivity contribution is 0.403. The van der Waals surface area contributed by atoms with Gasteiger partial charge in [0.2, 0.25) is 0 Å². The van der Waals surface area contributed by atoms with E-state index in [0.29, 0.717) is 11.5 Å². The van der Waals surface area contributed by atoms with Crippen molar-refractivity contribution in [1.29, 1.82) is 0 Å². The van der Waals surface area contributed by atoms with Gasteiger partial charge in [-0.15, -0.1) is 0 Å². The average molecular weight is 312 g/mol. The van der Waals surface area contributed by atoms with Gasteiger partial charge in [0.05, 0.1) is 5.69 Å². The predicted molar refractivity (Wildman–Crippen MR) is 88.6 cm³/mol. The van der Waals surface area contributed by atoms with Crippen LogP contribution in [0.1, 0.15) is 6.92 Å². The van der Waals surface area contributed by atoms with E-state index in [-0.39, 0.29) is 11.5 Å². The van der Waals surface area contributed by atoms with Crippen molar-refractivity contribution in [1.82, 2.24) is 10.4 Å². The molecule has 1 aliphatic rings. The highest BCUT2D eigenvalue weighted by Gasteiger charge is 2.23. The van der Waals surface area contributed by atoms with Crippen molar-refractivity contribution in [2.24, 2.45) is 9.98 Å². The number of aliphatic imine (C=N–C) groups is 2. The quantitative estimate of drug-likeness (QED) is 0.505. The van der Waals surface area contributed by atoms with Gasteiger partial charge in [0.1, 0.15) is 12.2 Å². The lowest BCUT2D eigenvalue weighted by atomic mass is 10.2. The number of aromatic hydroxyl groups is 2. The molecule has 0 aliphatic carbocycles. The third kappa shape index (κ3) is 3.22. The van der Waals surface area contributed by atoms with Gasteiger partial charge in [0.15, 0.2) is 17.8 Å². The monoisotopic (exact) mass is 312 g/mol. The summed E-state index contributed by atoms with van der Waals surface area (Å²) in [5, 5.41) is 19.2. The predicted octanol–water partition coefficient (Wildman–Crippen LogP) is 1.66. The second-order valence-corrected chi connectivity index (χ2v) is 4.86. The zero-order valence-corrected chi connectivity index (χ0v) is 12.4. The van der Waals surface area contributed by atoms with E-state index in [2.05, 4.69) is 25.8 Å². The van der Waals surface area contributed by atoms with Gasteiger partial charge < -0.3 is 15.6 Å². The van der Waals surface area contributed by atoms with E-state index in [1.807, 2.05) is 19.1 Å². The molecule has 1 aromatic heterocycles. The SMILES string of the molecule is CC1=NC=NC(NNc2ccncc2)N1c1ccc(O)c(O)c1. The Labute approximate surface area is 132 Å². The molecule has 1 unspecified atom stereocenters. The second-order valence-electron chi connectivity index (χ2n) is 4.86. The molecular formula is C15H16N6O2. The first-order valence-corrected chi connectivity index (χ1v) is 6.94. The minimum absolute atomic E-state index is 0.178. The molecule has 1 aromatic carbocycles. The Morgan fingerprint density at radius 2 is 1.87 bits per heavy atom. The molecule has 8 nitrogen and oxygen atoms in total. The molecule has 0 bridgehead atoms. The van der Waals surface area contributed by atoms with Gasteiger partial charge in [-0.2, -0.15) is 5.43 Å². The number of phenols is 2. The summed E-state index contributed by atoms with van der Waals surface area (Å²) >= 11 is 0. The number of anilines is 2. The lowest BCUT2D eigenvalue weighted by Gasteiger charge is -2.33. The number of pyridine rings is 1. The maximum absolute atomic E-state index is 9.71. The number of hydrazine groups is 1. The van der Waals surface area contributed by atoms with Crippen LogP contribution >= 0.6 is 0 Å². The van der Waals surface area contributed by atoms with Crippen molar-refractivity contribution in [2.45, 2.75) is 13.2 Å². The van der Waals surface area contributed by atoms with Crippen molar-refractivity contribution in [3.05, 3.63) is 42.7 Å². The summed E-state index contributed by atoms with van der Waals surface area (Å²) in [5.74, 6) is 0.313. The molecule has 3 rings (SSSR count). The van der Waals surface area contributed by atoms with Gasteiger partial charge >= 0.3 is 0 Å². The van der Waals surface area contributed by atoms with Gasteiger partial charge in [-0.1, -0.05) is 0 Å². The van der Waals surface area contributed by atoms with Crippen molar-refractivity contribution in [2.75, 3.05) is 10.3 Å². The second kappa shape index (κ2) is 6.32. The largest absolute Gasteiger partial charge is 0.504 e. The van der Waals surface area contributed by atoms with Gasteiger partial charge in [-0.05, 0) is 31.2 Å². The summed E-state index contributed by atoms with van der Waals surface area (Å²) in [6.07, 6.45) is 4.36. The van der Waals surface area contributed by atoms with E-state index in [9.17, 15) is 10.2 Å². The topological polar surface area (TPSA) is 105 Å². The van der Waals surface area contributed by atoms with E-state index < -0.39 is 6.29 Å². The molecule has 8 heteroatoms. The van der Waals surface area contributed by atoms with Crippen LogP contribution in [-0.4, -0.2) is 33.7 Å². The summed E-state index contributed by atoms with van der Waals surface area (Å²) in [6.45, 7) is 1.83. The van der Waals surface area contributed by atoms with Crippen LogP contribution in [0.5, 0.6) is 11.5 Å². The third-order valence-electron chi connectivity index (χ3n) is 3.31. The lowest BCUT2D eigenvalue weighted by Crippen LogP contribution is -2.50. The molecule has 0 saturated heterocycles. The molecule has 0 amide bonds. The first-order valence-electron chi connectivity index (χ1n) is 6.94. The maximum Gasteiger partial charge on any atom is 0.199 e. The molecule has 23 heavy (non-hydrogen) atoms. The minimum Gasteiger partial charge on any atom is -0.504 e. The smallest absolute Gasteiger partial charge is 0.199 e. The van der Waals surface area contributed by atoms with Crippen LogP contribution in [0.4, 0.5) is 11.4 Å². The van der Waals surface area contributed by atoms with Gasteiger partial charge in [-0.3, -0.25) is 9.88 Å². The van der Waals surface area contributed by atoms with Crippen LogP contribution in [0, 0.1) is 0 Å². The molecule has 0 fully saturated rings. The van der Waals surface area contributed by atoms with Gasteiger partial charge in [-0.25, -0.2) is 9.98 Å². The fraction of sp³-hybridized carbons (Fsp3) is 0.133. The summed E-state index contributed by atoms with van der Waals surface area (Å²) in [6, 6.07) is 8.18. The first-order chi connectivity index (χ1) is 11.1. The highest BCUT2D eigenvalue weighted by atomic mass is 16.3. The fourth-order valence-electron chi connectivity index (χ4n) is 2.16. The molecule has 1 atom stereocenters. The molecule has 4 N–H and O–H groups in total. The summed E-state index contributed by atoms with van der Waals surface area (Å²) < 4.78 is 0. The number of phenolic OH excluding ortho intramolecular Hbond substituents is 2. The molecule has 0 radical (unpaired) electrons. The van der Waals surface area contributed by atoms with Crippen molar-refractivity contribution in [3.8, 4) is 11.5 Å². The Morgan fingerprint density at radius 3 is 2.61 bits per heavy atom. The molecule has 2 aromatic rings. The Bertz CT molecular complexity index is 747. The number of amidine groups is 1. The number of nitrogens with one attached hydrogen (secondary N) is 2. The molecule has 118 valence electrons. The van der Waals surface area contributed by atoms with Gasteiger partial charge in [0.25, 0.3) is 0 Å². The van der Waals surface area contributed by atoms with Crippen LogP contribution in [0.25, 0.3) is 0 Å². The van der Waals surface area contributed by atoms with E-state index in [0.717, 1.165) is 5.69 Å². The number of aromatic nitrogens is 1. The molecule has 0 saturated carbocycles. The number of nitrogens with zero attached hydrogens (tertiary/aromatic N) is 4. The minimum atomic E-state index is -0.468. The summed E-state index contributed by atoms with van der Waals surface area (Å²) in [7, 11) is 0. The number of hydrogen-bond donors (Lipinski definition) is 4. The summed E-state index contributed by atoms with van der Waals surface area (Å²) in [5.41, 5.74) is 7.61. The standard InChI is InChI=1S/C15H16N6O2/c1-10-17-9-18-15(20-19-11-4-6-16-7-5-11)21(10)12-2-3-13(22)14(23)8-12/h2-9,15,20,22-23H,1H3,(H,16,19). The molecule has 2 heterocycles. The van der Waals surface area contributed by atoms with Crippen LogP contribution < -0.4 is 15.8 Å². The zero-order valence-electron chi connectivity index (χ0n) is 12.4. The van der Waals surface area contributed by atoms with E-state index in [1.165, 1.54) is 18.5 Å². The molecule has 0 spiro atoms. The van der Waals surface area contributed by atoms with Gasteiger partial charge in [0, 0.05) is 24.1 Å². The first kappa shape index (κ1) is 14.8. The normalized spacial score (nSPS) is 17.0. The Hall–Kier alpha value is -3.13. The number of rotatable bonds is 4. The highest BCUT2D eigenvalue weighted by Crippen LogP contribution is 2.30. The van der Waals surface area contributed by atoms with Crippen molar-refractivity contribution >= 4 is 23.5 Å². The van der Waals surface area contributed by atoms with Crippen LogP contribution in [0.15, 0.2) is 52.7 Å². The highest BCUT2D eigenvalue weighted by molar-refractivity contribution is 6.01. The average Bonchev–Trinajstić information content (AvgIpc) is 2.57.